The molecule has 1 fully saturated rings. The first kappa shape index (κ1) is 20.5. The van der Waals surface area contributed by atoms with Gasteiger partial charge in [-0.3, -0.25) is 14.7 Å². The van der Waals surface area contributed by atoms with Gasteiger partial charge in [-0.15, -0.1) is 11.3 Å². The van der Waals surface area contributed by atoms with Gasteiger partial charge >= 0.3 is 0 Å². The smallest absolute Gasteiger partial charge is 0.251 e. The number of benzene rings is 1. The summed E-state index contributed by atoms with van der Waals surface area (Å²) in [5.41, 5.74) is 1.26. The minimum Gasteiger partial charge on any atom is -0.367 e. The van der Waals surface area contributed by atoms with Crippen LogP contribution in [0.5, 0.6) is 0 Å². The van der Waals surface area contributed by atoms with Gasteiger partial charge in [0.2, 0.25) is 0 Å². The summed E-state index contributed by atoms with van der Waals surface area (Å²) in [6.07, 6.45) is 3.25. The fourth-order valence-corrected chi connectivity index (χ4v) is 4.99. The molecule has 0 aliphatic carbocycles. The number of para-hydroxylation sites is 1. The highest BCUT2D eigenvalue weighted by Crippen LogP contribution is 2.30. The van der Waals surface area contributed by atoms with E-state index < -0.39 is 0 Å². The van der Waals surface area contributed by atoms with E-state index in [1.165, 1.54) is 10.9 Å². The Morgan fingerprint density at radius 1 is 1.07 bits per heavy atom. The molecule has 4 rings (SSSR count). The molecule has 7 heteroatoms. The Balaban J connectivity index is 1.47. The molecule has 0 radical (unpaired) electrons. The Hall–Kier alpha value is -2.77. The summed E-state index contributed by atoms with van der Waals surface area (Å²) in [4.78, 5) is 22.4. The van der Waals surface area contributed by atoms with E-state index in [-0.39, 0.29) is 23.8 Å². The molecule has 156 valence electrons. The predicted octanol–water partition coefficient (Wildman–Crippen LogP) is 3.96. The molecular weight excluding hydrogens is 399 g/mol. The molecule has 1 aliphatic rings. The standard InChI is InChI=1S/C23H25FN4OS/c1-17(26-23(29)18-8-10-25-11-9-18)22(21-7-4-16-30-21)28-14-12-27(13-15-28)20-6-3-2-5-19(20)24/h2-11,16-17,22H,12-15H2,1H3,(H,26,29). The molecule has 1 N–H and O–H groups in total. The maximum atomic E-state index is 14.2. The van der Waals surface area contributed by atoms with Gasteiger partial charge in [0.1, 0.15) is 5.82 Å². The van der Waals surface area contributed by atoms with Crippen molar-refractivity contribution in [1.82, 2.24) is 15.2 Å². The van der Waals surface area contributed by atoms with Crippen molar-refractivity contribution in [3.63, 3.8) is 0 Å². The molecule has 2 atom stereocenters. The van der Waals surface area contributed by atoms with Crippen molar-refractivity contribution in [1.29, 1.82) is 0 Å². The fraction of sp³-hybridized carbons (Fsp3) is 0.304. The second-order valence-corrected chi connectivity index (χ2v) is 8.41. The van der Waals surface area contributed by atoms with Gasteiger partial charge in [-0.05, 0) is 42.6 Å². The number of amides is 1. The van der Waals surface area contributed by atoms with Crippen molar-refractivity contribution in [3.8, 4) is 0 Å². The third-order valence-electron chi connectivity index (χ3n) is 5.51. The number of rotatable bonds is 6. The van der Waals surface area contributed by atoms with Crippen LogP contribution in [0, 0.1) is 5.82 Å². The third-order valence-corrected chi connectivity index (χ3v) is 6.45. The van der Waals surface area contributed by atoms with Crippen LogP contribution in [0.3, 0.4) is 0 Å². The lowest BCUT2D eigenvalue weighted by Crippen LogP contribution is -2.52. The molecule has 0 bridgehead atoms. The summed E-state index contributed by atoms with van der Waals surface area (Å²) in [5, 5.41) is 5.22. The lowest BCUT2D eigenvalue weighted by molar-refractivity contribution is 0.0890. The quantitative estimate of drug-likeness (QED) is 0.651. The maximum Gasteiger partial charge on any atom is 0.251 e. The number of pyridine rings is 1. The number of hydrogen-bond acceptors (Lipinski definition) is 5. The predicted molar refractivity (Wildman–Crippen MR) is 118 cm³/mol. The largest absolute Gasteiger partial charge is 0.367 e. The fourth-order valence-electron chi connectivity index (χ4n) is 4.02. The summed E-state index contributed by atoms with van der Waals surface area (Å²) < 4.78 is 14.2. The Morgan fingerprint density at radius 2 is 1.80 bits per heavy atom. The zero-order valence-corrected chi connectivity index (χ0v) is 17.7. The number of halogens is 1. The van der Waals surface area contributed by atoms with Crippen LogP contribution >= 0.6 is 11.3 Å². The number of nitrogens with one attached hydrogen (secondary N) is 1. The summed E-state index contributed by atoms with van der Waals surface area (Å²) in [6.45, 7) is 5.13. The molecule has 1 amide bonds. The molecule has 5 nitrogen and oxygen atoms in total. The van der Waals surface area contributed by atoms with E-state index in [4.69, 9.17) is 0 Å². The first-order chi connectivity index (χ1) is 14.6. The molecule has 1 aliphatic heterocycles. The molecule has 2 unspecified atom stereocenters. The molecule has 1 saturated heterocycles. The lowest BCUT2D eigenvalue weighted by atomic mass is 10.0. The van der Waals surface area contributed by atoms with E-state index in [1.807, 2.05) is 25.1 Å². The molecular formula is C23H25FN4OS. The van der Waals surface area contributed by atoms with E-state index in [0.29, 0.717) is 11.3 Å². The van der Waals surface area contributed by atoms with Crippen LogP contribution in [0.2, 0.25) is 0 Å². The average Bonchev–Trinajstić information content (AvgIpc) is 3.30. The van der Waals surface area contributed by atoms with Gasteiger partial charge in [0.05, 0.1) is 11.7 Å². The number of piperazine rings is 1. The van der Waals surface area contributed by atoms with Crippen LogP contribution < -0.4 is 10.2 Å². The second kappa shape index (κ2) is 9.36. The Bertz CT molecular complexity index is 958. The van der Waals surface area contributed by atoms with E-state index in [1.54, 1.807) is 41.9 Å². The number of anilines is 1. The van der Waals surface area contributed by atoms with Crippen molar-refractivity contribution in [2.45, 2.75) is 19.0 Å². The molecule has 1 aromatic carbocycles. The van der Waals surface area contributed by atoms with Crippen LogP contribution in [-0.4, -0.2) is 48.0 Å². The van der Waals surface area contributed by atoms with Crippen molar-refractivity contribution in [3.05, 3.63) is 82.6 Å². The number of aromatic nitrogens is 1. The monoisotopic (exact) mass is 424 g/mol. The number of carbonyl (C=O) groups excluding carboxylic acids is 1. The highest BCUT2D eigenvalue weighted by Gasteiger charge is 2.31. The zero-order chi connectivity index (χ0) is 20.9. The van der Waals surface area contributed by atoms with Crippen LogP contribution in [0.4, 0.5) is 10.1 Å². The van der Waals surface area contributed by atoms with Gasteiger partial charge in [-0.25, -0.2) is 4.39 Å². The number of nitrogens with zero attached hydrogens (tertiary/aromatic N) is 3. The summed E-state index contributed by atoms with van der Waals surface area (Å²) in [5.74, 6) is -0.282. The summed E-state index contributed by atoms with van der Waals surface area (Å²) in [7, 11) is 0. The topological polar surface area (TPSA) is 48.5 Å². The zero-order valence-electron chi connectivity index (χ0n) is 16.9. The Labute approximate surface area is 180 Å². The molecule has 0 saturated carbocycles. The van der Waals surface area contributed by atoms with Crippen molar-refractivity contribution >= 4 is 22.9 Å². The average molecular weight is 425 g/mol. The molecule has 3 heterocycles. The molecule has 2 aromatic heterocycles. The molecule has 0 spiro atoms. The lowest BCUT2D eigenvalue weighted by Gasteiger charge is -2.42. The van der Waals surface area contributed by atoms with Crippen LogP contribution in [0.1, 0.15) is 28.2 Å². The highest BCUT2D eigenvalue weighted by molar-refractivity contribution is 7.10. The first-order valence-corrected chi connectivity index (χ1v) is 11.0. The normalized spacial score (nSPS) is 16.8. The molecule has 3 aromatic rings. The minimum absolute atomic E-state index is 0.0681. The Kier molecular flexibility index (Phi) is 6.40. The van der Waals surface area contributed by atoms with Gasteiger partial charge in [0, 0.05) is 55.1 Å². The van der Waals surface area contributed by atoms with Crippen molar-refractivity contribution in [2.24, 2.45) is 0 Å². The van der Waals surface area contributed by atoms with Gasteiger partial charge in [0.25, 0.3) is 5.91 Å². The summed E-state index contributed by atoms with van der Waals surface area (Å²) >= 11 is 1.70. The first-order valence-electron chi connectivity index (χ1n) is 10.1. The number of hydrogen-bond donors (Lipinski definition) is 1. The van der Waals surface area contributed by atoms with E-state index in [2.05, 4.69) is 31.5 Å². The van der Waals surface area contributed by atoms with E-state index in [9.17, 15) is 9.18 Å². The molecule has 30 heavy (non-hydrogen) atoms. The maximum absolute atomic E-state index is 14.2. The second-order valence-electron chi connectivity index (χ2n) is 7.43. The van der Waals surface area contributed by atoms with Gasteiger partial charge < -0.3 is 10.2 Å². The Morgan fingerprint density at radius 3 is 2.47 bits per heavy atom. The number of thiophene rings is 1. The van der Waals surface area contributed by atoms with Gasteiger partial charge in [-0.2, -0.15) is 0 Å². The van der Waals surface area contributed by atoms with E-state index >= 15 is 0 Å². The SMILES string of the molecule is CC(NC(=O)c1ccncc1)C(c1cccs1)N1CCN(c2ccccc2F)CC1. The van der Waals surface area contributed by atoms with Crippen molar-refractivity contribution in [2.75, 3.05) is 31.1 Å². The van der Waals surface area contributed by atoms with Crippen LogP contribution in [0.25, 0.3) is 0 Å². The van der Waals surface area contributed by atoms with E-state index in [0.717, 1.165) is 26.2 Å². The highest BCUT2D eigenvalue weighted by atomic mass is 32.1. The van der Waals surface area contributed by atoms with Crippen LogP contribution in [-0.2, 0) is 0 Å². The minimum atomic E-state index is -0.182. The van der Waals surface area contributed by atoms with Gasteiger partial charge in [-0.1, -0.05) is 18.2 Å². The van der Waals surface area contributed by atoms with Gasteiger partial charge in [0.15, 0.2) is 0 Å². The summed E-state index contributed by atoms with van der Waals surface area (Å²) in [6, 6.07) is 14.5. The van der Waals surface area contributed by atoms with Crippen LogP contribution in [0.15, 0.2) is 66.3 Å². The third kappa shape index (κ3) is 4.52. The van der Waals surface area contributed by atoms with Crippen molar-refractivity contribution < 1.29 is 9.18 Å². The number of carbonyl (C=O) groups is 1.